The molecule has 0 spiro atoms. The Kier molecular flexibility index (Phi) is 4.23. The van der Waals surface area contributed by atoms with Gasteiger partial charge in [-0.2, -0.15) is 0 Å². The Morgan fingerprint density at radius 1 is 1.60 bits per heavy atom. The third kappa shape index (κ3) is 4.07. The van der Waals surface area contributed by atoms with Crippen molar-refractivity contribution >= 4 is 11.9 Å². The SMILES string of the molecule is CCCC(N)CC(=O)Nc1nnc(C)o1. The lowest BCUT2D eigenvalue weighted by atomic mass is 10.1. The lowest BCUT2D eigenvalue weighted by Crippen LogP contribution is -2.26. The third-order valence-electron chi connectivity index (χ3n) is 1.88. The van der Waals surface area contributed by atoms with E-state index in [1.807, 2.05) is 6.92 Å². The summed E-state index contributed by atoms with van der Waals surface area (Å²) in [5.41, 5.74) is 5.72. The smallest absolute Gasteiger partial charge is 0.322 e. The van der Waals surface area contributed by atoms with Crippen LogP contribution in [0.25, 0.3) is 0 Å². The van der Waals surface area contributed by atoms with Crippen molar-refractivity contribution in [1.82, 2.24) is 10.2 Å². The van der Waals surface area contributed by atoms with E-state index < -0.39 is 0 Å². The Hall–Kier alpha value is -1.43. The van der Waals surface area contributed by atoms with Gasteiger partial charge in [0.1, 0.15) is 0 Å². The Morgan fingerprint density at radius 2 is 2.33 bits per heavy atom. The number of aryl methyl sites for hydroxylation is 1. The Labute approximate surface area is 88.2 Å². The van der Waals surface area contributed by atoms with E-state index in [1.54, 1.807) is 6.92 Å². The zero-order valence-electron chi connectivity index (χ0n) is 8.99. The van der Waals surface area contributed by atoms with Gasteiger partial charge in [0.25, 0.3) is 0 Å². The summed E-state index contributed by atoms with van der Waals surface area (Å²) in [5.74, 6) is 0.225. The molecule has 1 amide bonds. The van der Waals surface area contributed by atoms with E-state index in [0.717, 1.165) is 12.8 Å². The van der Waals surface area contributed by atoms with Gasteiger partial charge in [0.15, 0.2) is 0 Å². The molecular weight excluding hydrogens is 196 g/mol. The highest BCUT2D eigenvalue weighted by Crippen LogP contribution is 2.05. The van der Waals surface area contributed by atoms with Gasteiger partial charge in [-0.3, -0.25) is 10.1 Å². The van der Waals surface area contributed by atoms with Crippen LogP contribution in [-0.4, -0.2) is 22.1 Å². The van der Waals surface area contributed by atoms with Crippen LogP contribution < -0.4 is 11.1 Å². The van der Waals surface area contributed by atoms with E-state index in [-0.39, 0.29) is 24.4 Å². The van der Waals surface area contributed by atoms with E-state index in [4.69, 9.17) is 10.2 Å². The normalized spacial score (nSPS) is 12.5. The summed E-state index contributed by atoms with van der Waals surface area (Å²) in [6.45, 7) is 3.69. The van der Waals surface area contributed by atoms with Gasteiger partial charge in [0, 0.05) is 19.4 Å². The Balaban J connectivity index is 2.36. The fourth-order valence-electron chi connectivity index (χ4n) is 1.23. The average molecular weight is 212 g/mol. The number of carbonyl (C=O) groups excluding carboxylic acids is 1. The maximum atomic E-state index is 11.4. The van der Waals surface area contributed by atoms with Crippen LogP contribution in [0.4, 0.5) is 6.01 Å². The summed E-state index contributed by atoms with van der Waals surface area (Å²) in [7, 11) is 0. The number of hydrogen-bond acceptors (Lipinski definition) is 5. The lowest BCUT2D eigenvalue weighted by molar-refractivity contribution is -0.116. The second kappa shape index (κ2) is 5.45. The number of nitrogens with zero attached hydrogens (tertiary/aromatic N) is 2. The minimum Gasteiger partial charge on any atom is -0.408 e. The molecule has 0 aliphatic heterocycles. The molecule has 0 bridgehead atoms. The minimum atomic E-state index is -0.195. The number of hydrogen-bond donors (Lipinski definition) is 2. The van der Waals surface area contributed by atoms with Crippen molar-refractivity contribution in [2.24, 2.45) is 5.73 Å². The zero-order valence-corrected chi connectivity index (χ0v) is 8.99. The molecule has 84 valence electrons. The molecule has 1 aromatic heterocycles. The molecule has 0 aliphatic rings. The van der Waals surface area contributed by atoms with Crippen LogP contribution in [0.15, 0.2) is 4.42 Å². The number of nitrogens with one attached hydrogen (secondary N) is 1. The van der Waals surface area contributed by atoms with Crippen LogP contribution in [-0.2, 0) is 4.79 Å². The first-order chi connectivity index (χ1) is 7.11. The van der Waals surface area contributed by atoms with Crippen molar-refractivity contribution in [3.05, 3.63) is 5.89 Å². The molecule has 6 nitrogen and oxygen atoms in total. The molecule has 6 heteroatoms. The predicted octanol–water partition coefficient (Wildman–Crippen LogP) is 0.834. The van der Waals surface area contributed by atoms with Crippen molar-refractivity contribution < 1.29 is 9.21 Å². The molecule has 1 heterocycles. The topological polar surface area (TPSA) is 94.0 Å². The summed E-state index contributed by atoms with van der Waals surface area (Å²) in [4.78, 5) is 11.4. The molecule has 0 radical (unpaired) electrons. The first-order valence-electron chi connectivity index (χ1n) is 4.97. The second-order valence-corrected chi connectivity index (χ2v) is 3.43. The van der Waals surface area contributed by atoms with Gasteiger partial charge >= 0.3 is 6.01 Å². The van der Waals surface area contributed by atoms with Crippen molar-refractivity contribution in [2.75, 3.05) is 5.32 Å². The van der Waals surface area contributed by atoms with E-state index in [1.165, 1.54) is 0 Å². The number of rotatable bonds is 5. The number of carbonyl (C=O) groups is 1. The maximum Gasteiger partial charge on any atom is 0.322 e. The molecule has 0 aliphatic carbocycles. The van der Waals surface area contributed by atoms with Crippen LogP contribution in [0.1, 0.15) is 32.1 Å². The minimum absolute atomic E-state index is 0.112. The molecule has 15 heavy (non-hydrogen) atoms. The summed E-state index contributed by atoms with van der Waals surface area (Å²) < 4.78 is 5.00. The molecule has 3 N–H and O–H groups in total. The molecule has 1 aromatic rings. The molecule has 1 unspecified atom stereocenters. The highest BCUT2D eigenvalue weighted by atomic mass is 16.4. The Morgan fingerprint density at radius 3 is 2.87 bits per heavy atom. The van der Waals surface area contributed by atoms with Crippen molar-refractivity contribution in [3.8, 4) is 0 Å². The molecule has 1 atom stereocenters. The van der Waals surface area contributed by atoms with Gasteiger partial charge in [-0.25, -0.2) is 0 Å². The van der Waals surface area contributed by atoms with Crippen molar-refractivity contribution in [3.63, 3.8) is 0 Å². The molecule has 0 aromatic carbocycles. The number of aromatic nitrogens is 2. The first-order valence-corrected chi connectivity index (χ1v) is 4.97. The fourth-order valence-corrected chi connectivity index (χ4v) is 1.23. The number of amides is 1. The molecular formula is C9H16N4O2. The van der Waals surface area contributed by atoms with Gasteiger partial charge in [-0.05, 0) is 6.42 Å². The van der Waals surface area contributed by atoms with Gasteiger partial charge in [-0.1, -0.05) is 18.4 Å². The van der Waals surface area contributed by atoms with Crippen LogP contribution in [0.2, 0.25) is 0 Å². The first kappa shape index (κ1) is 11.6. The van der Waals surface area contributed by atoms with Gasteiger partial charge in [0.05, 0.1) is 0 Å². The predicted molar refractivity (Wildman–Crippen MR) is 55.2 cm³/mol. The maximum absolute atomic E-state index is 11.4. The van der Waals surface area contributed by atoms with E-state index in [0.29, 0.717) is 5.89 Å². The Bertz CT molecular complexity index is 324. The van der Waals surface area contributed by atoms with E-state index >= 15 is 0 Å². The van der Waals surface area contributed by atoms with Gasteiger partial charge < -0.3 is 10.2 Å². The quantitative estimate of drug-likeness (QED) is 0.754. The van der Waals surface area contributed by atoms with Crippen LogP contribution in [0.3, 0.4) is 0 Å². The van der Waals surface area contributed by atoms with Gasteiger partial charge in [-0.15, -0.1) is 5.10 Å². The zero-order chi connectivity index (χ0) is 11.3. The highest BCUT2D eigenvalue weighted by molar-refractivity contribution is 5.88. The summed E-state index contributed by atoms with van der Waals surface area (Å²) in [5, 5.41) is 9.73. The lowest BCUT2D eigenvalue weighted by Gasteiger charge is -2.08. The van der Waals surface area contributed by atoms with Gasteiger partial charge in [0.2, 0.25) is 11.8 Å². The molecule has 0 saturated carbocycles. The number of anilines is 1. The largest absolute Gasteiger partial charge is 0.408 e. The number of nitrogens with two attached hydrogens (primary N) is 1. The van der Waals surface area contributed by atoms with E-state index in [2.05, 4.69) is 15.5 Å². The van der Waals surface area contributed by atoms with E-state index in [9.17, 15) is 4.79 Å². The molecule has 0 saturated heterocycles. The summed E-state index contributed by atoms with van der Waals surface area (Å²) >= 11 is 0. The highest BCUT2D eigenvalue weighted by Gasteiger charge is 2.11. The van der Waals surface area contributed by atoms with Crippen LogP contribution in [0.5, 0.6) is 0 Å². The fraction of sp³-hybridized carbons (Fsp3) is 0.667. The van der Waals surface area contributed by atoms with Crippen LogP contribution in [0, 0.1) is 6.92 Å². The molecule has 1 rings (SSSR count). The van der Waals surface area contributed by atoms with Crippen molar-refractivity contribution in [1.29, 1.82) is 0 Å². The third-order valence-corrected chi connectivity index (χ3v) is 1.88. The standard InChI is InChI=1S/C9H16N4O2/c1-3-4-7(10)5-8(14)11-9-13-12-6(2)15-9/h7H,3-5,10H2,1-2H3,(H,11,13,14). The summed E-state index contributed by atoms with van der Waals surface area (Å²) in [6.07, 6.45) is 2.07. The average Bonchev–Trinajstić information content (AvgIpc) is 2.51. The summed E-state index contributed by atoms with van der Waals surface area (Å²) in [6, 6.07) is 0.0141. The van der Waals surface area contributed by atoms with Crippen LogP contribution >= 0.6 is 0 Å². The second-order valence-electron chi connectivity index (χ2n) is 3.43. The monoisotopic (exact) mass is 212 g/mol. The molecule has 0 fully saturated rings. The van der Waals surface area contributed by atoms with Crippen molar-refractivity contribution in [2.45, 2.75) is 39.2 Å².